The molecular weight excluding hydrogens is 436 g/mol. The quantitative estimate of drug-likeness (QED) is 0.464. The van der Waals surface area contributed by atoms with E-state index < -0.39 is 11.6 Å². The molecule has 2 amide bonds. The van der Waals surface area contributed by atoms with Crippen LogP contribution < -0.4 is 10.1 Å². The zero-order chi connectivity index (χ0) is 25.4. The predicted molar refractivity (Wildman–Crippen MR) is 140 cm³/mol. The van der Waals surface area contributed by atoms with E-state index in [9.17, 15) is 9.59 Å². The van der Waals surface area contributed by atoms with Gasteiger partial charge in [0.05, 0.1) is 0 Å². The molecule has 3 aromatic rings. The van der Waals surface area contributed by atoms with Crippen molar-refractivity contribution in [2.45, 2.75) is 59.2 Å². The zero-order valence-corrected chi connectivity index (χ0v) is 21.4. The van der Waals surface area contributed by atoms with Gasteiger partial charge in [0.25, 0.3) is 5.91 Å². The molecule has 3 aromatic carbocycles. The molecule has 35 heavy (non-hydrogen) atoms. The Hall–Kier alpha value is -3.60. The van der Waals surface area contributed by atoms with Gasteiger partial charge in [0.1, 0.15) is 11.8 Å². The number of hydrogen-bond donors (Lipinski definition) is 1. The van der Waals surface area contributed by atoms with Gasteiger partial charge in [-0.25, -0.2) is 0 Å². The predicted octanol–water partition coefficient (Wildman–Crippen LogP) is 5.24. The monoisotopic (exact) mass is 472 g/mol. The average molecular weight is 473 g/mol. The Morgan fingerprint density at radius 2 is 1.54 bits per heavy atom. The van der Waals surface area contributed by atoms with Gasteiger partial charge in [-0.1, -0.05) is 78.4 Å². The fourth-order valence-corrected chi connectivity index (χ4v) is 3.95. The lowest BCUT2D eigenvalue weighted by Crippen LogP contribution is -2.55. The standard InChI is InChI=1S/C30H36N2O3/c1-22-12-11-16-25(18-22)20-32(28(33)21-35-27-17-10-9-13-23(27)2)26(29(34)31-30(3,4)5)19-24-14-7-6-8-15-24/h6-18,26H,19-21H2,1-5H3,(H,31,34). The van der Waals surface area contributed by atoms with E-state index in [0.717, 1.165) is 22.3 Å². The van der Waals surface area contributed by atoms with Gasteiger partial charge in [0.15, 0.2) is 6.61 Å². The van der Waals surface area contributed by atoms with Crippen LogP contribution in [0.3, 0.4) is 0 Å². The number of benzene rings is 3. The van der Waals surface area contributed by atoms with Gasteiger partial charge in [-0.15, -0.1) is 0 Å². The number of amides is 2. The van der Waals surface area contributed by atoms with Gasteiger partial charge in [0, 0.05) is 18.5 Å². The van der Waals surface area contributed by atoms with Crippen LogP contribution in [-0.2, 0) is 22.6 Å². The number of rotatable bonds is 9. The minimum atomic E-state index is -0.690. The van der Waals surface area contributed by atoms with Crippen molar-refractivity contribution in [1.29, 1.82) is 0 Å². The van der Waals surface area contributed by atoms with Crippen molar-refractivity contribution in [1.82, 2.24) is 10.2 Å². The molecular formula is C30H36N2O3. The van der Waals surface area contributed by atoms with Crippen molar-refractivity contribution in [2.24, 2.45) is 0 Å². The number of nitrogens with zero attached hydrogens (tertiary/aromatic N) is 1. The SMILES string of the molecule is Cc1cccc(CN(C(=O)COc2ccccc2C)C(Cc2ccccc2)C(=O)NC(C)(C)C)c1. The normalized spacial score (nSPS) is 12.0. The number of nitrogens with one attached hydrogen (secondary N) is 1. The van der Waals surface area contributed by atoms with Crippen LogP contribution in [0, 0.1) is 13.8 Å². The van der Waals surface area contributed by atoms with Crippen molar-refractivity contribution in [3.63, 3.8) is 0 Å². The van der Waals surface area contributed by atoms with E-state index >= 15 is 0 Å². The molecule has 5 heteroatoms. The third-order valence-corrected chi connectivity index (χ3v) is 5.65. The smallest absolute Gasteiger partial charge is 0.261 e. The molecule has 0 aliphatic rings. The lowest BCUT2D eigenvalue weighted by atomic mass is 10.0. The largest absolute Gasteiger partial charge is 0.484 e. The van der Waals surface area contributed by atoms with Crippen molar-refractivity contribution >= 4 is 11.8 Å². The molecule has 0 saturated heterocycles. The summed E-state index contributed by atoms with van der Waals surface area (Å²) in [5.74, 6) is 0.244. The Bertz CT molecular complexity index is 1140. The van der Waals surface area contributed by atoms with E-state index in [1.165, 1.54) is 0 Å². The summed E-state index contributed by atoms with van der Waals surface area (Å²) in [7, 11) is 0. The molecule has 0 radical (unpaired) electrons. The Kier molecular flexibility index (Phi) is 8.69. The van der Waals surface area contributed by atoms with E-state index in [2.05, 4.69) is 5.32 Å². The highest BCUT2D eigenvalue weighted by molar-refractivity contribution is 5.89. The first-order valence-electron chi connectivity index (χ1n) is 12.0. The Morgan fingerprint density at radius 3 is 2.20 bits per heavy atom. The summed E-state index contributed by atoms with van der Waals surface area (Å²) in [5, 5.41) is 3.08. The number of ether oxygens (including phenoxy) is 1. The Balaban J connectivity index is 1.94. The number of carbonyl (C=O) groups excluding carboxylic acids is 2. The van der Waals surface area contributed by atoms with Crippen molar-refractivity contribution in [2.75, 3.05) is 6.61 Å². The maximum absolute atomic E-state index is 13.6. The first-order valence-corrected chi connectivity index (χ1v) is 12.0. The summed E-state index contributed by atoms with van der Waals surface area (Å²) < 4.78 is 5.90. The minimum absolute atomic E-state index is 0.148. The van der Waals surface area contributed by atoms with Crippen molar-refractivity contribution in [3.8, 4) is 5.75 Å². The zero-order valence-electron chi connectivity index (χ0n) is 21.4. The van der Waals surface area contributed by atoms with Gasteiger partial charge in [-0.3, -0.25) is 9.59 Å². The van der Waals surface area contributed by atoms with Gasteiger partial charge in [-0.05, 0) is 57.4 Å². The van der Waals surface area contributed by atoms with Crippen LogP contribution in [0.4, 0.5) is 0 Å². The molecule has 1 atom stereocenters. The highest BCUT2D eigenvalue weighted by atomic mass is 16.5. The summed E-state index contributed by atoms with van der Waals surface area (Å²) in [4.78, 5) is 28.8. The highest BCUT2D eigenvalue weighted by Crippen LogP contribution is 2.19. The van der Waals surface area contributed by atoms with E-state index in [1.54, 1.807) is 4.90 Å². The van der Waals surface area contributed by atoms with E-state index in [1.807, 2.05) is 113 Å². The molecule has 0 fully saturated rings. The highest BCUT2D eigenvalue weighted by Gasteiger charge is 2.32. The Morgan fingerprint density at radius 1 is 0.886 bits per heavy atom. The molecule has 0 aliphatic heterocycles. The topological polar surface area (TPSA) is 58.6 Å². The fraction of sp³-hybridized carbons (Fsp3) is 0.333. The maximum Gasteiger partial charge on any atom is 0.261 e. The molecule has 0 bridgehead atoms. The first-order chi connectivity index (χ1) is 16.6. The van der Waals surface area contributed by atoms with Crippen LogP contribution in [0.25, 0.3) is 0 Å². The van der Waals surface area contributed by atoms with Gasteiger partial charge in [-0.2, -0.15) is 0 Å². The summed E-state index contributed by atoms with van der Waals surface area (Å²) in [6.45, 7) is 9.96. The van der Waals surface area contributed by atoms with Crippen molar-refractivity contribution in [3.05, 3.63) is 101 Å². The summed E-state index contributed by atoms with van der Waals surface area (Å²) in [5.41, 5.74) is 3.59. The Labute approximate surface area is 209 Å². The molecule has 0 aliphatic carbocycles. The number of hydrogen-bond acceptors (Lipinski definition) is 3. The van der Waals surface area contributed by atoms with Crippen LogP contribution in [-0.4, -0.2) is 34.9 Å². The lowest BCUT2D eigenvalue weighted by Gasteiger charge is -2.34. The number of para-hydroxylation sites is 1. The second kappa shape index (κ2) is 11.7. The summed E-state index contributed by atoms with van der Waals surface area (Å²) in [6.07, 6.45) is 0.407. The molecule has 184 valence electrons. The molecule has 0 spiro atoms. The minimum Gasteiger partial charge on any atom is -0.484 e. The lowest BCUT2D eigenvalue weighted by molar-refractivity contribution is -0.143. The second-order valence-corrected chi connectivity index (χ2v) is 10.0. The molecule has 0 heterocycles. The summed E-state index contributed by atoms with van der Waals surface area (Å²) in [6, 6.07) is 24.7. The van der Waals surface area contributed by atoms with E-state index in [0.29, 0.717) is 18.7 Å². The van der Waals surface area contributed by atoms with Gasteiger partial charge >= 0.3 is 0 Å². The molecule has 3 rings (SSSR count). The third kappa shape index (κ3) is 7.99. The van der Waals surface area contributed by atoms with Crippen LogP contribution in [0.15, 0.2) is 78.9 Å². The number of carbonyl (C=O) groups is 2. The molecule has 1 unspecified atom stereocenters. The maximum atomic E-state index is 13.6. The average Bonchev–Trinajstić information content (AvgIpc) is 2.80. The molecule has 5 nitrogen and oxygen atoms in total. The van der Waals surface area contributed by atoms with Crippen LogP contribution in [0.1, 0.15) is 43.0 Å². The first kappa shape index (κ1) is 26.0. The third-order valence-electron chi connectivity index (χ3n) is 5.65. The van der Waals surface area contributed by atoms with Gasteiger partial charge < -0.3 is 15.0 Å². The molecule has 0 saturated carbocycles. The van der Waals surface area contributed by atoms with Gasteiger partial charge in [0.2, 0.25) is 5.91 Å². The molecule has 1 N–H and O–H groups in total. The van der Waals surface area contributed by atoms with Crippen molar-refractivity contribution < 1.29 is 14.3 Å². The van der Waals surface area contributed by atoms with E-state index in [-0.39, 0.29) is 18.4 Å². The van der Waals surface area contributed by atoms with Crippen LogP contribution in [0.2, 0.25) is 0 Å². The fourth-order valence-electron chi connectivity index (χ4n) is 3.95. The van der Waals surface area contributed by atoms with E-state index in [4.69, 9.17) is 4.74 Å². The number of aryl methyl sites for hydroxylation is 2. The second-order valence-electron chi connectivity index (χ2n) is 10.0. The van der Waals surface area contributed by atoms with Crippen LogP contribution in [0.5, 0.6) is 5.75 Å². The molecule has 0 aromatic heterocycles. The van der Waals surface area contributed by atoms with Crippen LogP contribution >= 0.6 is 0 Å². The summed E-state index contributed by atoms with van der Waals surface area (Å²) >= 11 is 0.